The van der Waals surface area contributed by atoms with Gasteiger partial charge in [0.15, 0.2) is 0 Å². The van der Waals surface area contributed by atoms with E-state index in [4.69, 9.17) is 0 Å². The third-order valence-electron chi connectivity index (χ3n) is 4.83. The average Bonchev–Trinajstić information content (AvgIpc) is 3.07. The third kappa shape index (κ3) is 3.34. The van der Waals surface area contributed by atoms with Gasteiger partial charge in [-0.15, -0.1) is 0 Å². The van der Waals surface area contributed by atoms with Gasteiger partial charge in [-0.05, 0) is 48.9 Å². The van der Waals surface area contributed by atoms with Crippen molar-refractivity contribution >= 4 is 5.97 Å². The molecule has 1 aliphatic rings. The largest absolute Gasteiger partial charge is 0.480 e. The predicted octanol–water partition coefficient (Wildman–Crippen LogP) is 3.59. The maximum absolute atomic E-state index is 11.7. The molecule has 4 nitrogen and oxygen atoms in total. The van der Waals surface area contributed by atoms with E-state index in [1.54, 1.807) is 0 Å². The first-order valence-electron chi connectivity index (χ1n) is 8.60. The van der Waals surface area contributed by atoms with Crippen LogP contribution >= 0.6 is 0 Å². The molecule has 0 aliphatic carbocycles. The summed E-state index contributed by atoms with van der Waals surface area (Å²) in [5.74, 6) is -0.741. The monoisotopic (exact) mass is 324 g/mol. The fraction of sp³-hybridized carbons (Fsp3) is 0.400. The minimum atomic E-state index is -0.741. The number of aliphatic carboxylic acids is 1. The summed E-state index contributed by atoms with van der Waals surface area (Å²) < 4.78 is 0. The smallest absolute Gasteiger partial charge is 0.320 e. The molecule has 3 rings (SSSR count). The molecule has 1 fully saturated rings. The van der Waals surface area contributed by atoms with E-state index >= 15 is 0 Å². The first-order chi connectivity index (χ1) is 11.6. The van der Waals surface area contributed by atoms with Gasteiger partial charge in [-0.3, -0.25) is 14.7 Å². The number of carboxylic acid groups (broad SMARTS) is 1. The first kappa shape index (κ1) is 16.7. The molecule has 0 amide bonds. The quantitative estimate of drug-likeness (QED) is 0.913. The maximum Gasteiger partial charge on any atom is 0.320 e. The topological polar surface area (TPSA) is 53.4 Å². The van der Waals surface area contributed by atoms with Crippen LogP contribution in [0.5, 0.6) is 0 Å². The summed E-state index contributed by atoms with van der Waals surface area (Å²) in [6, 6.07) is 12.0. The van der Waals surface area contributed by atoms with E-state index in [1.165, 1.54) is 5.56 Å². The summed E-state index contributed by atoms with van der Waals surface area (Å²) >= 11 is 0. The number of pyridine rings is 1. The standard InChI is InChI=1S/C20H24N2O2/c1-3-15-7-9-16(10-8-15)19(17-11-6-14(2)13-21-17)22-12-4-5-18(22)20(23)24/h6-11,13,18-19H,3-5,12H2,1-2H3,(H,23,24). The van der Waals surface area contributed by atoms with E-state index in [-0.39, 0.29) is 6.04 Å². The molecule has 1 saturated heterocycles. The van der Waals surface area contributed by atoms with Crippen molar-refractivity contribution in [1.29, 1.82) is 0 Å². The second kappa shape index (κ2) is 7.14. The Morgan fingerprint density at radius 2 is 2.04 bits per heavy atom. The van der Waals surface area contributed by atoms with Crippen LogP contribution in [0.2, 0.25) is 0 Å². The van der Waals surface area contributed by atoms with E-state index in [2.05, 4.69) is 41.1 Å². The number of nitrogens with zero attached hydrogens (tertiary/aromatic N) is 2. The van der Waals surface area contributed by atoms with E-state index < -0.39 is 12.0 Å². The van der Waals surface area contributed by atoms with Crippen LogP contribution in [0.3, 0.4) is 0 Å². The highest BCUT2D eigenvalue weighted by atomic mass is 16.4. The van der Waals surface area contributed by atoms with E-state index in [9.17, 15) is 9.90 Å². The van der Waals surface area contributed by atoms with Crippen LogP contribution in [0.25, 0.3) is 0 Å². The molecule has 0 bridgehead atoms. The van der Waals surface area contributed by atoms with Crippen LogP contribution in [0.15, 0.2) is 42.6 Å². The molecule has 0 radical (unpaired) electrons. The lowest BCUT2D eigenvalue weighted by atomic mass is 9.98. The van der Waals surface area contributed by atoms with Crippen LogP contribution in [0, 0.1) is 6.92 Å². The summed E-state index contributed by atoms with van der Waals surface area (Å²) in [5.41, 5.74) is 4.41. The van der Waals surface area contributed by atoms with Gasteiger partial charge in [-0.1, -0.05) is 37.3 Å². The number of rotatable bonds is 5. The molecule has 2 unspecified atom stereocenters. The molecule has 1 N–H and O–H groups in total. The molecule has 2 atom stereocenters. The number of likely N-dealkylation sites (tertiary alicyclic amines) is 1. The van der Waals surface area contributed by atoms with Gasteiger partial charge < -0.3 is 5.11 Å². The number of hydrogen-bond acceptors (Lipinski definition) is 3. The summed E-state index contributed by atoms with van der Waals surface area (Å²) in [4.78, 5) is 18.4. The van der Waals surface area contributed by atoms with Crippen LogP contribution in [0.4, 0.5) is 0 Å². The normalized spacial score (nSPS) is 19.3. The fourth-order valence-electron chi connectivity index (χ4n) is 3.47. The van der Waals surface area contributed by atoms with Gasteiger partial charge in [-0.2, -0.15) is 0 Å². The van der Waals surface area contributed by atoms with Gasteiger partial charge in [0.1, 0.15) is 6.04 Å². The summed E-state index contributed by atoms with van der Waals surface area (Å²) in [5, 5.41) is 9.59. The molecule has 24 heavy (non-hydrogen) atoms. The minimum absolute atomic E-state index is 0.111. The maximum atomic E-state index is 11.7. The van der Waals surface area contributed by atoms with Gasteiger partial charge in [0, 0.05) is 12.7 Å². The van der Waals surface area contributed by atoms with Gasteiger partial charge in [0.25, 0.3) is 0 Å². The van der Waals surface area contributed by atoms with E-state index in [0.717, 1.165) is 36.2 Å². The summed E-state index contributed by atoms with van der Waals surface area (Å²) in [6.07, 6.45) is 4.46. The van der Waals surface area contributed by atoms with E-state index in [0.29, 0.717) is 6.42 Å². The zero-order valence-electron chi connectivity index (χ0n) is 14.3. The number of hydrogen-bond donors (Lipinski definition) is 1. The molecule has 2 heterocycles. The molecular formula is C20H24N2O2. The molecule has 0 saturated carbocycles. The number of benzene rings is 1. The molecule has 0 spiro atoms. The lowest BCUT2D eigenvalue weighted by molar-refractivity contribution is -0.142. The third-order valence-corrected chi connectivity index (χ3v) is 4.83. The Morgan fingerprint density at radius 3 is 2.62 bits per heavy atom. The second-order valence-corrected chi connectivity index (χ2v) is 6.49. The first-order valence-corrected chi connectivity index (χ1v) is 8.60. The van der Waals surface area contributed by atoms with Gasteiger partial charge in [0.2, 0.25) is 0 Å². The Bertz CT molecular complexity index is 695. The van der Waals surface area contributed by atoms with Gasteiger partial charge in [0.05, 0.1) is 11.7 Å². The van der Waals surface area contributed by atoms with Crippen molar-refractivity contribution in [2.75, 3.05) is 6.54 Å². The van der Waals surface area contributed by atoms with Crippen molar-refractivity contribution in [1.82, 2.24) is 9.88 Å². The molecule has 126 valence electrons. The number of aryl methyl sites for hydroxylation is 2. The predicted molar refractivity (Wildman–Crippen MR) is 94.0 cm³/mol. The lowest BCUT2D eigenvalue weighted by Gasteiger charge is -2.31. The van der Waals surface area contributed by atoms with Crippen LogP contribution in [0.1, 0.15) is 48.2 Å². The highest BCUT2D eigenvalue weighted by Crippen LogP contribution is 2.34. The minimum Gasteiger partial charge on any atom is -0.480 e. The molecule has 2 aromatic rings. The SMILES string of the molecule is CCc1ccc(C(c2ccc(C)cn2)N2CCCC2C(=O)O)cc1. The van der Waals surface area contributed by atoms with Crippen LogP contribution in [-0.2, 0) is 11.2 Å². The number of aromatic nitrogens is 1. The van der Waals surface area contributed by atoms with Crippen molar-refractivity contribution in [2.24, 2.45) is 0 Å². The zero-order chi connectivity index (χ0) is 17.1. The van der Waals surface area contributed by atoms with Crippen molar-refractivity contribution in [3.05, 3.63) is 65.0 Å². The van der Waals surface area contributed by atoms with Gasteiger partial charge >= 0.3 is 5.97 Å². The molecule has 1 aromatic heterocycles. The molecule has 4 heteroatoms. The summed E-state index contributed by atoms with van der Waals surface area (Å²) in [6.45, 7) is 4.93. The molecule has 1 aromatic carbocycles. The highest BCUT2D eigenvalue weighted by Gasteiger charge is 2.37. The Morgan fingerprint density at radius 1 is 1.29 bits per heavy atom. The average molecular weight is 324 g/mol. The fourth-order valence-corrected chi connectivity index (χ4v) is 3.47. The Labute approximate surface area is 143 Å². The van der Waals surface area contributed by atoms with Crippen molar-refractivity contribution in [3.8, 4) is 0 Å². The zero-order valence-corrected chi connectivity index (χ0v) is 14.3. The van der Waals surface area contributed by atoms with Crippen LogP contribution in [-0.4, -0.2) is 33.5 Å². The van der Waals surface area contributed by atoms with Crippen molar-refractivity contribution < 1.29 is 9.90 Å². The molecular weight excluding hydrogens is 300 g/mol. The second-order valence-electron chi connectivity index (χ2n) is 6.49. The highest BCUT2D eigenvalue weighted by molar-refractivity contribution is 5.74. The number of carbonyl (C=O) groups is 1. The number of carboxylic acids is 1. The Kier molecular flexibility index (Phi) is 4.95. The van der Waals surface area contributed by atoms with E-state index in [1.807, 2.05) is 25.3 Å². The lowest BCUT2D eigenvalue weighted by Crippen LogP contribution is -2.39. The van der Waals surface area contributed by atoms with Crippen molar-refractivity contribution in [3.63, 3.8) is 0 Å². The van der Waals surface area contributed by atoms with Gasteiger partial charge in [-0.25, -0.2) is 0 Å². The van der Waals surface area contributed by atoms with Crippen molar-refractivity contribution in [2.45, 2.75) is 45.2 Å². The molecule has 1 aliphatic heterocycles. The van der Waals surface area contributed by atoms with Crippen LogP contribution < -0.4 is 0 Å². The summed E-state index contributed by atoms with van der Waals surface area (Å²) in [7, 11) is 0. The Balaban J connectivity index is 2.02. The Hall–Kier alpha value is -2.20.